The van der Waals surface area contributed by atoms with E-state index in [1.807, 2.05) is 61.2 Å². The number of piperidine rings is 1. The van der Waals surface area contributed by atoms with Crippen LogP contribution in [0.2, 0.25) is 0 Å². The molecule has 13 heteroatoms. The van der Waals surface area contributed by atoms with Crippen molar-refractivity contribution in [3.63, 3.8) is 0 Å². The Balaban J connectivity index is 1.32. The van der Waals surface area contributed by atoms with Crippen molar-refractivity contribution < 1.29 is 28.7 Å². The lowest BCUT2D eigenvalue weighted by Gasteiger charge is -2.48. The first-order chi connectivity index (χ1) is 27.2. The zero-order chi connectivity index (χ0) is 41.6. The molecule has 1 saturated carbocycles. The normalized spacial score (nSPS) is 25.7. The SMILES string of the molecule is CC[C@H](C)[C@@H]([C@@H](CC(=O)N1CCC[C@H]1[C@H](OC)[C@@H](C)C(=O)N[C@@H](Cc1ccccc1)c1ncccn1)OC)N(C)C(=O)[C@@H](C(C)C)C12CCC(C1)C(C(N)=O)N2C. The van der Waals surface area contributed by atoms with Gasteiger partial charge < -0.3 is 30.3 Å². The quantitative estimate of drug-likeness (QED) is 0.210. The van der Waals surface area contributed by atoms with Crippen LogP contribution in [-0.2, 0) is 35.1 Å². The van der Waals surface area contributed by atoms with Crippen molar-refractivity contribution in [2.45, 2.75) is 128 Å². The molecule has 0 spiro atoms. The van der Waals surface area contributed by atoms with Crippen molar-refractivity contribution in [3.8, 4) is 0 Å². The number of nitrogens with zero attached hydrogens (tertiary/aromatic N) is 5. The second kappa shape index (κ2) is 19.2. The first kappa shape index (κ1) is 44.2. The minimum atomic E-state index is -0.587. The van der Waals surface area contributed by atoms with E-state index < -0.39 is 29.7 Å². The molecule has 2 saturated heterocycles. The Bertz CT molecular complexity index is 1660. The minimum absolute atomic E-state index is 0.00669. The number of likely N-dealkylation sites (N-methyl/N-ethyl adjacent to an activating group) is 2. The van der Waals surface area contributed by atoms with Crippen LogP contribution in [0, 0.1) is 29.6 Å². The summed E-state index contributed by atoms with van der Waals surface area (Å²) in [7, 11) is 7.01. The molecule has 3 unspecified atom stereocenters. The topological polar surface area (TPSA) is 160 Å². The number of carbonyl (C=O) groups excluding carboxylic acids is 4. The number of benzene rings is 1. The highest BCUT2D eigenvalue weighted by Crippen LogP contribution is 2.55. The summed E-state index contributed by atoms with van der Waals surface area (Å²) in [6, 6.07) is 10.1. The molecule has 1 aromatic carbocycles. The molecular formula is C44H67N7O6. The van der Waals surface area contributed by atoms with E-state index in [0.29, 0.717) is 25.2 Å². The van der Waals surface area contributed by atoms with Gasteiger partial charge in [0.2, 0.25) is 23.6 Å². The summed E-state index contributed by atoms with van der Waals surface area (Å²) in [6.07, 6.45) is 7.53. The molecule has 4 amide bonds. The van der Waals surface area contributed by atoms with Gasteiger partial charge in [0, 0.05) is 45.7 Å². The van der Waals surface area contributed by atoms with E-state index in [2.05, 4.69) is 47.9 Å². The van der Waals surface area contributed by atoms with Crippen LogP contribution in [-0.4, -0.2) is 119 Å². The number of methoxy groups -OCH3 is 2. The number of carbonyl (C=O) groups is 4. The third kappa shape index (κ3) is 9.20. The number of hydrogen-bond acceptors (Lipinski definition) is 9. The molecule has 11 atom stereocenters. The largest absolute Gasteiger partial charge is 0.379 e. The van der Waals surface area contributed by atoms with Crippen LogP contribution < -0.4 is 11.1 Å². The van der Waals surface area contributed by atoms with Gasteiger partial charge in [-0.25, -0.2) is 9.97 Å². The van der Waals surface area contributed by atoms with E-state index in [1.54, 1.807) is 32.7 Å². The van der Waals surface area contributed by atoms with E-state index >= 15 is 0 Å². The van der Waals surface area contributed by atoms with Crippen molar-refractivity contribution in [2.75, 3.05) is 34.9 Å². The van der Waals surface area contributed by atoms with Crippen molar-refractivity contribution in [1.82, 2.24) is 30.0 Å². The molecule has 13 nitrogen and oxygen atoms in total. The molecule has 3 fully saturated rings. The first-order valence-corrected chi connectivity index (χ1v) is 21.0. The fourth-order valence-electron chi connectivity index (χ4n) is 10.7. The third-order valence-electron chi connectivity index (χ3n) is 13.7. The summed E-state index contributed by atoms with van der Waals surface area (Å²) < 4.78 is 12.2. The van der Waals surface area contributed by atoms with Crippen molar-refractivity contribution in [1.29, 1.82) is 0 Å². The number of rotatable bonds is 19. The van der Waals surface area contributed by atoms with Crippen LogP contribution >= 0.6 is 0 Å². The van der Waals surface area contributed by atoms with Gasteiger partial charge in [0.15, 0.2) is 5.82 Å². The Labute approximate surface area is 339 Å². The lowest BCUT2D eigenvalue weighted by molar-refractivity contribution is -0.153. The van der Waals surface area contributed by atoms with Gasteiger partial charge in [-0.1, -0.05) is 71.4 Å². The van der Waals surface area contributed by atoms with Gasteiger partial charge in [-0.3, -0.25) is 24.1 Å². The van der Waals surface area contributed by atoms with Crippen molar-refractivity contribution in [2.24, 2.45) is 35.3 Å². The zero-order valence-corrected chi connectivity index (χ0v) is 35.6. The van der Waals surface area contributed by atoms with Crippen molar-refractivity contribution in [3.05, 3.63) is 60.2 Å². The second-order valence-corrected chi connectivity index (χ2v) is 17.2. The van der Waals surface area contributed by atoms with Gasteiger partial charge in [0.05, 0.1) is 54.6 Å². The van der Waals surface area contributed by atoms with Crippen LogP contribution in [0.25, 0.3) is 0 Å². The number of fused-ring (bicyclic) bond motifs is 2. The molecule has 0 radical (unpaired) electrons. The maximum absolute atomic E-state index is 14.9. The van der Waals surface area contributed by atoms with Gasteiger partial charge in [-0.15, -0.1) is 0 Å². The summed E-state index contributed by atoms with van der Waals surface area (Å²) in [6.45, 7) is 10.7. The summed E-state index contributed by atoms with van der Waals surface area (Å²) in [4.78, 5) is 70.5. The first-order valence-electron chi connectivity index (χ1n) is 21.0. The van der Waals surface area contributed by atoms with E-state index in [4.69, 9.17) is 15.2 Å². The molecule has 57 heavy (non-hydrogen) atoms. The van der Waals surface area contributed by atoms with Gasteiger partial charge >= 0.3 is 0 Å². The lowest BCUT2D eigenvalue weighted by atomic mass is 9.74. The monoisotopic (exact) mass is 790 g/mol. The predicted molar refractivity (Wildman–Crippen MR) is 218 cm³/mol. The molecule has 3 aliphatic rings. The Hall–Kier alpha value is -3.94. The number of nitrogens with one attached hydrogen (secondary N) is 1. The van der Waals surface area contributed by atoms with Gasteiger partial charge in [-0.2, -0.15) is 0 Å². The Morgan fingerprint density at radius 1 is 1.02 bits per heavy atom. The molecule has 1 aliphatic carbocycles. The van der Waals surface area contributed by atoms with E-state index in [-0.39, 0.29) is 71.8 Å². The molecule has 314 valence electrons. The van der Waals surface area contributed by atoms with E-state index in [9.17, 15) is 19.2 Å². The van der Waals surface area contributed by atoms with Crippen LogP contribution in [0.1, 0.15) is 97.0 Å². The Morgan fingerprint density at radius 2 is 1.70 bits per heavy atom. The molecule has 5 rings (SSSR count). The molecule has 3 heterocycles. The van der Waals surface area contributed by atoms with Gasteiger partial charge in [0.1, 0.15) is 0 Å². The molecule has 2 aliphatic heterocycles. The number of amides is 4. The number of hydrogen-bond donors (Lipinski definition) is 2. The number of nitrogens with two attached hydrogens (primary N) is 1. The van der Waals surface area contributed by atoms with Crippen LogP contribution in [0.5, 0.6) is 0 Å². The third-order valence-corrected chi connectivity index (χ3v) is 13.7. The molecule has 2 bridgehead atoms. The molecule has 1 aromatic heterocycles. The van der Waals surface area contributed by atoms with Crippen LogP contribution in [0.4, 0.5) is 0 Å². The minimum Gasteiger partial charge on any atom is -0.379 e. The van der Waals surface area contributed by atoms with E-state index in [0.717, 1.165) is 37.7 Å². The second-order valence-electron chi connectivity index (χ2n) is 17.2. The Kier molecular flexibility index (Phi) is 14.9. The summed E-state index contributed by atoms with van der Waals surface area (Å²) in [5.74, 6) is -0.860. The van der Waals surface area contributed by atoms with Gasteiger partial charge in [0.25, 0.3) is 0 Å². The molecule has 3 N–H and O–H groups in total. The fourth-order valence-corrected chi connectivity index (χ4v) is 10.7. The van der Waals surface area contributed by atoms with Crippen LogP contribution in [0.15, 0.2) is 48.8 Å². The zero-order valence-electron chi connectivity index (χ0n) is 35.6. The maximum Gasteiger partial charge on any atom is 0.235 e. The summed E-state index contributed by atoms with van der Waals surface area (Å²) in [5.41, 5.74) is 6.47. The predicted octanol–water partition coefficient (Wildman–Crippen LogP) is 4.41. The average Bonchev–Trinajstić information content (AvgIpc) is 3.93. The van der Waals surface area contributed by atoms with Gasteiger partial charge in [-0.05, 0) is 75.0 Å². The highest BCUT2D eigenvalue weighted by molar-refractivity contribution is 5.84. The molecular weight excluding hydrogens is 723 g/mol. The number of primary amides is 1. The number of aromatic nitrogens is 2. The van der Waals surface area contributed by atoms with Crippen LogP contribution in [0.3, 0.4) is 0 Å². The number of ether oxygens (including phenoxy) is 2. The maximum atomic E-state index is 14.9. The Morgan fingerprint density at radius 3 is 2.28 bits per heavy atom. The number of likely N-dealkylation sites (tertiary alicyclic amines) is 2. The highest BCUT2D eigenvalue weighted by Gasteiger charge is 2.62. The van der Waals surface area contributed by atoms with Crippen molar-refractivity contribution >= 4 is 23.6 Å². The summed E-state index contributed by atoms with van der Waals surface area (Å²) >= 11 is 0. The summed E-state index contributed by atoms with van der Waals surface area (Å²) in [5, 5.41) is 3.19. The lowest BCUT2D eigenvalue weighted by Crippen LogP contribution is -2.61. The average molecular weight is 790 g/mol. The standard InChI is InChI=1S/C44H67N7O6/c1-10-28(4)37(49(6)43(55)36(27(2)3)44-20-19-31(26-44)38(40(45)53)50(44)7)34(56-8)25-35(52)51-23-14-18-33(51)39(57-9)29(5)42(54)48-32(41-46-21-15-22-47-41)24-30-16-12-11-13-17-30/h11-13,15-17,21-22,27-29,31-34,36-39H,10,14,18-20,23-26H2,1-9H3,(H2,45,53)(H,48,54)/t28-,29+,31?,32-,33-,34+,36+,37-,38?,39+,44?/m0/s1. The van der Waals surface area contributed by atoms with E-state index in [1.165, 1.54) is 0 Å². The smallest absolute Gasteiger partial charge is 0.235 e. The molecule has 2 aromatic rings. The fraction of sp³-hybridized carbons (Fsp3) is 0.682. The highest BCUT2D eigenvalue weighted by atomic mass is 16.5.